The second-order valence-corrected chi connectivity index (χ2v) is 4.64. The highest BCUT2D eigenvalue weighted by Gasteiger charge is 2.17. The van der Waals surface area contributed by atoms with Gasteiger partial charge in [0.1, 0.15) is 5.75 Å². The number of primary amides is 1. The van der Waals surface area contributed by atoms with Gasteiger partial charge in [0.05, 0.1) is 34.6 Å². The van der Waals surface area contributed by atoms with E-state index in [0.29, 0.717) is 10.6 Å². The molecule has 1 amide bonds. The Morgan fingerprint density at radius 3 is 2.69 bits per heavy atom. The molecular weight excluding hydrogens is 228 g/mol. The van der Waals surface area contributed by atoms with E-state index in [-0.39, 0.29) is 5.75 Å². The van der Waals surface area contributed by atoms with Crippen LogP contribution in [0.3, 0.4) is 0 Å². The molecule has 2 unspecified atom stereocenters. The van der Waals surface area contributed by atoms with Gasteiger partial charge in [-0.05, 0) is 12.1 Å². The van der Waals surface area contributed by atoms with Crippen molar-refractivity contribution >= 4 is 16.7 Å². The van der Waals surface area contributed by atoms with Crippen molar-refractivity contribution < 1.29 is 13.7 Å². The number of amides is 1. The van der Waals surface area contributed by atoms with E-state index >= 15 is 0 Å². The fourth-order valence-corrected chi connectivity index (χ4v) is 2.42. The highest BCUT2D eigenvalue weighted by Crippen LogP contribution is 2.21. The van der Waals surface area contributed by atoms with E-state index in [1.165, 1.54) is 7.11 Å². The molecule has 16 heavy (non-hydrogen) atoms. The maximum atomic E-state index is 11.9. The Hall–Kier alpha value is -1.40. The van der Waals surface area contributed by atoms with Gasteiger partial charge < -0.3 is 16.2 Å². The van der Waals surface area contributed by atoms with Crippen LogP contribution >= 0.6 is 0 Å². The van der Waals surface area contributed by atoms with Crippen molar-refractivity contribution in [1.82, 2.24) is 0 Å². The maximum absolute atomic E-state index is 11.9. The lowest BCUT2D eigenvalue weighted by Gasteiger charge is -2.10. The molecule has 0 heterocycles. The zero-order valence-corrected chi connectivity index (χ0v) is 9.70. The van der Waals surface area contributed by atoms with Gasteiger partial charge in [-0.1, -0.05) is 12.1 Å². The molecule has 1 aromatic rings. The monoisotopic (exact) mass is 242 g/mol. The minimum absolute atomic E-state index is 0.00426. The van der Waals surface area contributed by atoms with Gasteiger partial charge in [0.25, 0.3) is 0 Å². The third-order valence-electron chi connectivity index (χ3n) is 2.01. The summed E-state index contributed by atoms with van der Waals surface area (Å²) in [5, 5.41) is 0. The number of carbonyl (C=O) groups is 1. The van der Waals surface area contributed by atoms with Crippen LogP contribution in [-0.2, 0) is 15.6 Å². The smallest absolute Gasteiger partial charge is 0.235 e. The Kier molecular flexibility index (Phi) is 4.45. The topological polar surface area (TPSA) is 95.4 Å². The van der Waals surface area contributed by atoms with E-state index in [9.17, 15) is 9.00 Å². The summed E-state index contributed by atoms with van der Waals surface area (Å²) in [6, 6.07) is 5.97. The molecule has 4 N–H and O–H groups in total. The predicted molar refractivity (Wildman–Crippen MR) is 61.4 cm³/mol. The second kappa shape index (κ2) is 5.62. The Morgan fingerprint density at radius 1 is 1.50 bits per heavy atom. The van der Waals surface area contributed by atoms with Crippen LogP contribution in [0.2, 0.25) is 0 Å². The number of benzene rings is 1. The summed E-state index contributed by atoms with van der Waals surface area (Å²) in [5.74, 6) is -0.156. The summed E-state index contributed by atoms with van der Waals surface area (Å²) < 4.78 is 16.9. The van der Waals surface area contributed by atoms with Gasteiger partial charge in [0.15, 0.2) is 0 Å². The first-order chi connectivity index (χ1) is 7.56. The molecule has 0 aromatic heterocycles. The average molecular weight is 242 g/mol. The van der Waals surface area contributed by atoms with E-state index in [4.69, 9.17) is 16.2 Å². The predicted octanol–water partition coefficient (Wildman–Crippen LogP) is -0.385. The number of hydrogen-bond donors (Lipinski definition) is 2. The lowest BCUT2D eigenvalue weighted by molar-refractivity contribution is -0.118. The first-order valence-electron chi connectivity index (χ1n) is 4.62. The zero-order chi connectivity index (χ0) is 12.1. The van der Waals surface area contributed by atoms with Gasteiger partial charge in [-0.15, -0.1) is 0 Å². The Balaban J connectivity index is 2.84. The van der Waals surface area contributed by atoms with Crippen LogP contribution in [0.15, 0.2) is 29.2 Å². The molecule has 0 fully saturated rings. The number of carbonyl (C=O) groups excluding carboxylic acids is 1. The van der Waals surface area contributed by atoms with E-state index < -0.39 is 22.7 Å². The van der Waals surface area contributed by atoms with Crippen LogP contribution in [-0.4, -0.2) is 29.0 Å². The Morgan fingerprint density at radius 2 is 2.12 bits per heavy atom. The van der Waals surface area contributed by atoms with Crippen LogP contribution in [0.5, 0.6) is 5.75 Å². The Labute approximate surface area is 96.2 Å². The third-order valence-corrected chi connectivity index (χ3v) is 3.50. The summed E-state index contributed by atoms with van der Waals surface area (Å²) in [4.78, 5) is 11.3. The number of rotatable bonds is 5. The molecule has 0 saturated carbocycles. The minimum Gasteiger partial charge on any atom is -0.495 e. The van der Waals surface area contributed by atoms with Crippen molar-refractivity contribution in [1.29, 1.82) is 0 Å². The van der Waals surface area contributed by atoms with Crippen molar-refractivity contribution in [2.24, 2.45) is 11.5 Å². The van der Waals surface area contributed by atoms with Gasteiger partial charge in [-0.2, -0.15) is 0 Å². The van der Waals surface area contributed by atoms with Crippen LogP contribution in [0.4, 0.5) is 0 Å². The third kappa shape index (κ3) is 3.04. The minimum atomic E-state index is -1.40. The van der Waals surface area contributed by atoms with E-state index in [1.54, 1.807) is 24.3 Å². The molecule has 0 radical (unpaired) electrons. The molecule has 0 aliphatic rings. The van der Waals surface area contributed by atoms with E-state index in [0.717, 1.165) is 0 Å². The number of ether oxygens (including phenoxy) is 1. The average Bonchev–Trinajstić information content (AvgIpc) is 2.28. The van der Waals surface area contributed by atoms with Crippen molar-refractivity contribution in [2.75, 3.05) is 12.9 Å². The van der Waals surface area contributed by atoms with Gasteiger partial charge in [-0.25, -0.2) is 0 Å². The molecule has 5 nitrogen and oxygen atoms in total. The molecule has 88 valence electrons. The van der Waals surface area contributed by atoms with E-state index in [2.05, 4.69) is 0 Å². The van der Waals surface area contributed by atoms with Crippen molar-refractivity contribution in [3.05, 3.63) is 24.3 Å². The fraction of sp³-hybridized carbons (Fsp3) is 0.300. The van der Waals surface area contributed by atoms with Crippen LogP contribution < -0.4 is 16.2 Å². The first kappa shape index (κ1) is 12.7. The molecule has 0 spiro atoms. The van der Waals surface area contributed by atoms with Crippen molar-refractivity contribution in [3.63, 3.8) is 0 Å². The zero-order valence-electron chi connectivity index (χ0n) is 8.88. The highest BCUT2D eigenvalue weighted by molar-refractivity contribution is 7.85. The number of nitrogens with two attached hydrogens (primary N) is 2. The molecule has 0 bridgehead atoms. The van der Waals surface area contributed by atoms with Crippen molar-refractivity contribution in [2.45, 2.75) is 10.9 Å². The van der Waals surface area contributed by atoms with E-state index in [1.807, 2.05) is 0 Å². The summed E-state index contributed by atoms with van der Waals surface area (Å²) >= 11 is 0. The summed E-state index contributed by atoms with van der Waals surface area (Å²) in [6.45, 7) is 0. The molecule has 0 aliphatic carbocycles. The number of hydrogen-bond acceptors (Lipinski definition) is 4. The largest absolute Gasteiger partial charge is 0.495 e. The van der Waals surface area contributed by atoms with Crippen molar-refractivity contribution in [3.8, 4) is 5.75 Å². The molecule has 1 rings (SSSR count). The molecule has 2 atom stereocenters. The Bertz CT molecular complexity index is 409. The summed E-state index contributed by atoms with van der Waals surface area (Å²) in [7, 11) is 0.0938. The molecule has 6 heteroatoms. The standard InChI is InChI=1S/C10H14N2O3S/c1-15-8-4-2-3-5-9(8)16(14)6-7(11)10(12)13/h2-5,7H,6,11H2,1H3,(H2,12,13). The van der Waals surface area contributed by atoms with Gasteiger partial charge in [0, 0.05) is 0 Å². The van der Waals surface area contributed by atoms with Gasteiger partial charge in [-0.3, -0.25) is 9.00 Å². The summed E-state index contributed by atoms with van der Waals surface area (Å²) in [6.07, 6.45) is 0. The van der Waals surface area contributed by atoms with Crippen LogP contribution in [0.25, 0.3) is 0 Å². The maximum Gasteiger partial charge on any atom is 0.235 e. The van der Waals surface area contributed by atoms with Crippen LogP contribution in [0, 0.1) is 0 Å². The molecular formula is C10H14N2O3S. The van der Waals surface area contributed by atoms with Crippen LogP contribution in [0.1, 0.15) is 0 Å². The van der Waals surface area contributed by atoms with Gasteiger partial charge >= 0.3 is 0 Å². The first-order valence-corrected chi connectivity index (χ1v) is 5.94. The van der Waals surface area contributed by atoms with Gasteiger partial charge in [0.2, 0.25) is 5.91 Å². The molecule has 1 aromatic carbocycles. The molecule has 0 saturated heterocycles. The number of methoxy groups -OCH3 is 1. The highest BCUT2D eigenvalue weighted by atomic mass is 32.2. The quantitative estimate of drug-likeness (QED) is 0.735. The second-order valence-electron chi connectivity index (χ2n) is 3.17. The lowest BCUT2D eigenvalue weighted by Crippen LogP contribution is -2.40. The molecule has 0 aliphatic heterocycles. The SMILES string of the molecule is COc1ccccc1S(=O)CC(N)C(N)=O. The summed E-state index contributed by atoms with van der Waals surface area (Å²) in [5.41, 5.74) is 10.4. The fourth-order valence-electron chi connectivity index (χ4n) is 1.14. The normalized spacial score (nSPS) is 14.1. The number of para-hydroxylation sites is 1. The lowest BCUT2D eigenvalue weighted by atomic mass is 10.3.